The maximum atomic E-state index is 12.2. The van der Waals surface area contributed by atoms with Crippen molar-refractivity contribution in [2.45, 2.75) is 213 Å². The molecule has 5 nitrogen and oxygen atoms in total. The lowest BCUT2D eigenvalue weighted by molar-refractivity contribution is -0.123. The minimum atomic E-state index is -0.594. The van der Waals surface area contributed by atoms with E-state index in [-0.39, 0.29) is 11.8 Å². The van der Waals surface area contributed by atoms with E-state index in [2.05, 4.69) is 24.5 Å². The number of hydrogen-bond donors (Lipinski definition) is 3. The van der Waals surface area contributed by atoms with E-state index in [1.165, 1.54) is 161 Å². The van der Waals surface area contributed by atoms with Crippen LogP contribution < -0.4 is 16.4 Å². The third-order valence-corrected chi connectivity index (χ3v) is 8.70. The molecule has 5 heteroatoms. The Morgan fingerprint density at radius 3 is 1.07 bits per heavy atom. The zero-order valence-electron chi connectivity index (χ0n) is 28.6. The third-order valence-electron chi connectivity index (χ3n) is 8.70. The van der Waals surface area contributed by atoms with Crippen molar-refractivity contribution in [3.8, 4) is 0 Å². The number of carbonyl (C=O) groups is 2. The SMILES string of the molecule is CCCCCCCCCCCCCCCCNC(=O)CCC(N)C(=O)NCCCCCCCCCCCCCCCC. The fourth-order valence-corrected chi connectivity index (χ4v) is 5.72. The van der Waals surface area contributed by atoms with Gasteiger partial charge in [0.05, 0.1) is 6.04 Å². The summed E-state index contributed by atoms with van der Waals surface area (Å²) >= 11 is 0. The van der Waals surface area contributed by atoms with Gasteiger partial charge in [0.1, 0.15) is 0 Å². The summed E-state index contributed by atoms with van der Waals surface area (Å²) in [6.07, 6.45) is 38.1. The van der Waals surface area contributed by atoms with Gasteiger partial charge in [-0.2, -0.15) is 0 Å². The molecule has 0 aliphatic carbocycles. The van der Waals surface area contributed by atoms with E-state index in [1.807, 2.05) is 0 Å². The van der Waals surface area contributed by atoms with Crippen molar-refractivity contribution in [1.29, 1.82) is 0 Å². The lowest BCUT2D eigenvalue weighted by Crippen LogP contribution is -2.41. The standard InChI is InChI=1S/C37H75N3O2/c1-3-5-7-9-11-13-15-17-19-21-23-25-27-29-33-39-36(41)32-31-35(38)37(42)40-34-30-28-26-24-22-20-18-16-14-12-10-8-6-4-2/h35H,3-34,38H2,1-2H3,(H,39,41)(H,40,42). The largest absolute Gasteiger partial charge is 0.356 e. The van der Waals surface area contributed by atoms with E-state index in [0.29, 0.717) is 19.4 Å². The molecule has 0 spiro atoms. The second-order valence-corrected chi connectivity index (χ2v) is 13.0. The molecule has 0 saturated carbocycles. The van der Waals surface area contributed by atoms with E-state index in [9.17, 15) is 9.59 Å². The lowest BCUT2D eigenvalue weighted by atomic mass is 10.0. The highest BCUT2D eigenvalue weighted by Crippen LogP contribution is 2.14. The first-order valence-corrected chi connectivity index (χ1v) is 18.9. The van der Waals surface area contributed by atoms with Crippen molar-refractivity contribution in [3.05, 3.63) is 0 Å². The number of rotatable bonds is 34. The molecule has 0 rings (SSSR count). The van der Waals surface area contributed by atoms with Crippen LogP contribution in [-0.4, -0.2) is 30.9 Å². The molecular weight excluding hydrogens is 518 g/mol. The molecule has 0 radical (unpaired) electrons. The molecule has 0 aliphatic heterocycles. The quantitative estimate of drug-likeness (QED) is 0.0649. The summed E-state index contributed by atoms with van der Waals surface area (Å²) in [5.41, 5.74) is 6.02. The van der Waals surface area contributed by atoms with Crippen LogP contribution in [0.2, 0.25) is 0 Å². The highest BCUT2D eigenvalue weighted by atomic mass is 16.2. The van der Waals surface area contributed by atoms with E-state index < -0.39 is 6.04 Å². The van der Waals surface area contributed by atoms with Crippen LogP contribution in [0.3, 0.4) is 0 Å². The van der Waals surface area contributed by atoms with Gasteiger partial charge in [0, 0.05) is 19.5 Å². The molecule has 1 unspecified atom stereocenters. The molecule has 0 aromatic heterocycles. The summed E-state index contributed by atoms with van der Waals surface area (Å²) in [4.78, 5) is 24.3. The number of hydrogen-bond acceptors (Lipinski definition) is 3. The molecule has 0 heterocycles. The molecule has 0 aliphatic rings. The number of nitrogens with one attached hydrogen (secondary N) is 2. The van der Waals surface area contributed by atoms with Crippen LogP contribution in [0.1, 0.15) is 206 Å². The summed E-state index contributed by atoms with van der Waals surface area (Å²) in [5, 5.41) is 5.95. The Bertz CT molecular complexity index is 569. The Hall–Kier alpha value is -1.10. The Morgan fingerprint density at radius 1 is 0.452 bits per heavy atom. The Labute approximate surface area is 263 Å². The van der Waals surface area contributed by atoms with Gasteiger partial charge >= 0.3 is 0 Å². The van der Waals surface area contributed by atoms with Crippen molar-refractivity contribution in [2.24, 2.45) is 5.73 Å². The summed E-state index contributed by atoms with van der Waals surface area (Å²) in [6, 6.07) is -0.594. The normalized spacial score (nSPS) is 12.0. The van der Waals surface area contributed by atoms with Crippen LogP contribution in [0.15, 0.2) is 0 Å². The van der Waals surface area contributed by atoms with Gasteiger partial charge in [-0.25, -0.2) is 0 Å². The van der Waals surface area contributed by atoms with Gasteiger partial charge in [0.2, 0.25) is 11.8 Å². The van der Waals surface area contributed by atoms with Crippen LogP contribution >= 0.6 is 0 Å². The highest BCUT2D eigenvalue weighted by Gasteiger charge is 2.14. The average Bonchev–Trinajstić information content (AvgIpc) is 2.99. The molecule has 0 saturated heterocycles. The Balaban J connectivity index is 3.39. The first-order valence-electron chi connectivity index (χ1n) is 18.9. The summed E-state index contributed by atoms with van der Waals surface area (Å²) in [7, 11) is 0. The maximum absolute atomic E-state index is 12.2. The number of unbranched alkanes of at least 4 members (excludes halogenated alkanes) is 26. The van der Waals surface area contributed by atoms with Gasteiger partial charge in [-0.1, -0.05) is 181 Å². The predicted molar refractivity (Wildman–Crippen MR) is 184 cm³/mol. The van der Waals surface area contributed by atoms with Crippen LogP contribution in [0.25, 0.3) is 0 Å². The van der Waals surface area contributed by atoms with E-state index in [1.54, 1.807) is 0 Å². The van der Waals surface area contributed by atoms with Crippen LogP contribution in [-0.2, 0) is 9.59 Å². The van der Waals surface area contributed by atoms with Crippen molar-refractivity contribution in [3.63, 3.8) is 0 Å². The van der Waals surface area contributed by atoms with E-state index in [0.717, 1.165) is 25.8 Å². The smallest absolute Gasteiger partial charge is 0.236 e. The fourth-order valence-electron chi connectivity index (χ4n) is 5.72. The van der Waals surface area contributed by atoms with Crippen LogP contribution in [0.5, 0.6) is 0 Å². The van der Waals surface area contributed by atoms with Gasteiger partial charge in [0.25, 0.3) is 0 Å². The molecule has 1 atom stereocenters. The summed E-state index contributed by atoms with van der Waals surface area (Å²) in [6.45, 7) is 5.98. The fraction of sp³-hybridized carbons (Fsp3) is 0.946. The number of nitrogens with two attached hydrogens (primary N) is 1. The molecule has 4 N–H and O–H groups in total. The van der Waals surface area contributed by atoms with Crippen molar-refractivity contribution < 1.29 is 9.59 Å². The average molecular weight is 594 g/mol. The topological polar surface area (TPSA) is 84.2 Å². The second-order valence-electron chi connectivity index (χ2n) is 13.0. The summed E-state index contributed by atoms with van der Waals surface area (Å²) in [5.74, 6) is -0.107. The molecule has 0 fully saturated rings. The van der Waals surface area contributed by atoms with Gasteiger partial charge in [-0.3, -0.25) is 9.59 Å². The Morgan fingerprint density at radius 2 is 0.738 bits per heavy atom. The van der Waals surface area contributed by atoms with Crippen LogP contribution in [0.4, 0.5) is 0 Å². The maximum Gasteiger partial charge on any atom is 0.236 e. The van der Waals surface area contributed by atoms with Crippen molar-refractivity contribution in [1.82, 2.24) is 10.6 Å². The zero-order valence-corrected chi connectivity index (χ0v) is 28.6. The minimum Gasteiger partial charge on any atom is -0.356 e. The van der Waals surface area contributed by atoms with Crippen LogP contribution in [0, 0.1) is 0 Å². The number of amides is 2. The summed E-state index contributed by atoms with van der Waals surface area (Å²) < 4.78 is 0. The second kappa shape index (κ2) is 34.4. The first-order chi connectivity index (χ1) is 20.6. The van der Waals surface area contributed by atoms with Crippen molar-refractivity contribution >= 4 is 11.8 Å². The number of carbonyl (C=O) groups excluding carboxylic acids is 2. The first kappa shape index (κ1) is 40.9. The van der Waals surface area contributed by atoms with Gasteiger partial charge in [-0.05, 0) is 19.3 Å². The molecular formula is C37H75N3O2. The molecule has 0 aromatic rings. The molecule has 2 amide bonds. The highest BCUT2D eigenvalue weighted by molar-refractivity contribution is 5.82. The third kappa shape index (κ3) is 31.8. The van der Waals surface area contributed by atoms with E-state index in [4.69, 9.17) is 5.73 Å². The van der Waals surface area contributed by atoms with Gasteiger partial charge in [0.15, 0.2) is 0 Å². The van der Waals surface area contributed by atoms with E-state index >= 15 is 0 Å². The molecule has 42 heavy (non-hydrogen) atoms. The molecule has 0 bridgehead atoms. The molecule has 250 valence electrons. The monoisotopic (exact) mass is 594 g/mol. The van der Waals surface area contributed by atoms with Gasteiger partial charge < -0.3 is 16.4 Å². The Kier molecular flexibility index (Phi) is 33.5. The molecule has 0 aromatic carbocycles. The zero-order chi connectivity index (χ0) is 30.8. The van der Waals surface area contributed by atoms with Crippen molar-refractivity contribution in [2.75, 3.05) is 13.1 Å². The lowest BCUT2D eigenvalue weighted by Gasteiger charge is -2.12. The minimum absolute atomic E-state index is 0.0138. The van der Waals surface area contributed by atoms with Gasteiger partial charge in [-0.15, -0.1) is 0 Å². The predicted octanol–water partition coefficient (Wildman–Crippen LogP) is 10.3.